The Morgan fingerprint density at radius 2 is 1.79 bits per heavy atom. The van der Waals surface area contributed by atoms with Crippen molar-refractivity contribution in [1.82, 2.24) is 9.61 Å². The highest BCUT2D eigenvalue weighted by molar-refractivity contribution is 6.10. The molecule has 0 saturated heterocycles. The van der Waals surface area contributed by atoms with Crippen LogP contribution >= 0.6 is 0 Å². The van der Waals surface area contributed by atoms with Gasteiger partial charge in [0, 0.05) is 11.9 Å². The molecule has 0 spiro atoms. The summed E-state index contributed by atoms with van der Waals surface area (Å²) in [6.45, 7) is 3.90. The van der Waals surface area contributed by atoms with Gasteiger partial charge < -0.3 is 15.2 Å². The van der Waals surface area contributed by atoms with Crippen molar-refractivity contribution < 1.29 is 14.6 Å². The highest BCUT2D eigenvalue weighted by Crippen LogP contribution is 2.28. The molecule has 4 aromatic rings. The Hall–Kier alpha value is -3.80. The lowest BCUT2D eigenvalue weighted by molar-refractivity contribution is 0.102. The van der Waals surface area contributed by atoms with Gasteiger partial charge in [-0.1, -0.05) is 23.8 Å². The molecule has 0 aliphatic rings. The lowest BCUT2D eigenvalue weighted by Gasteiger charge is -2.11. The largest absolute Gasteiger partial charge is 0.492 e. The molecule has 4 rings (SSSR count). The zero-order valence-electron chi connectivity index (χ0n) is 15.5. The first-order valence-corrected chi connectivity index (χ1v) is 8.84. The Balaban J connectivity index is 1.55. The van der Waals surface area contributed by atoms with Gasteiger partial charge in [0.15, 0.2) is 0 Å². The number of rotatable bonds is 4. The first-order valence-electron chi connectivity index (χ1n) is 8.84. The second-order valence-corrected chi connectivity index (χ2v) is 6.58. The molecule has 6 nitrogen and oxygen atoms in total. The monoisotopic (exact) mass is 373 g/mol. The average molecular weight is 373 g/mol. The predicted molar refractivity (Wildman–Crippen MR) is 107 cm³/mol. The second-order valence-electron chi connectivity index (χ2n) is 6.58. The molecule has 2 heterocycles. The van der Waals surface area contributed by atoms with Crippen LogP contribution in [0.1, 0.15) is 21.5 Å². The summed E-state index contributed by atoms with van der Waals surface area (Å²) in [5.74, 6) is 0.700. The molecule has 1 amide bonds. The van der Waals surface area contributed by atoms with Crippen molar-refractivity contribution in [3.63, 3.8) is 0 Å². The van der Waals surface area contributed by atoms with Crippen molar-refractivity contribution in [2.24, 2.45) is 0 Å². The molecule has 0 aliphatic heterocycles. The van der Waals surface area contributed by atoms with Crippen molar-refractivity contribution >= 4 is 17.1 Å². The fourth-order valence-electron chi connectivity index (χ4n) is 2.97. The van der Waals surface area contributed by atoms with Gasteiger partial charge in [-0.3, -0.25) is 4.79 Å². The summed E-state index contributed by atoms with van der Waals surface area (Å²) >= 11 is 0. The van der Waals surface area contributed by atoms with E-state index in [0.29, 0.717) is 17.0 Å². The van der Waals surface area contributed by atoms with Gasteiger partial charge in [-0.05, 0) is 61.9 Å². The van der Waals surface area contributed by atoms with E-state index in [0.717, 1.165) is 16.9 Å². The minimum absolute atomic E-state index is 0.139. The minimum atomic E-state index is -0.422. The van der Waals surface area contributed by atoms with Crippen LogP contribution in [0.3, 0.4) is 0 Å². The van der Waals surface area contributed by atoms with Gasteiger partial charge in [0.25, 0.3) is 5.91 Å². The van der Waals surface area contributed by atoms with Crippen LogP contribution in [-0.4, -0.2) is 20.6 Å². The molecule has 2 aromatic carbocycles. The number of carbonyl (C=O) groups excluding carboxylic acids is 1. The maximum absolute atomic E-state index is 12.7. The highest BCUT2D eigenvalue weighted by Gasteiger charge is 2.20. The lowest BCUT2D eigenvalue weighted by Crippen LogP contribution is -2.12. The van der Waals surface area contributed by atoms with Crippen molar-refractivity contribution in [2.45, 2.75) is 13.8 Å². The minimum Gasteiger partial charge on any atom is -0.492 e. The molecule has 0 atom stereocenters. The van der Waals surface area contributed by atoms with Gasteiger partial charge in [0.05, 0.1) is 5.52 Å². The third kappa shape index (κ3) is 3.40. The van der Waals surface area contributed by atoms with E-state index in [1.807, 2.05) is 44.2 Å². The Morgan fingerprint density at radius 3 is 2.54 bits per heavy atom. The topological polar surface area (TPSA) is 75.9 Å². The number of hydrogen-bond acceptors (Lipinski definition) is 4. The van der Waals surface area contributed by atoms with E-state index in [1.54, 1.807) is 36.5 Å². The molecular weight excluding hydrogens is 354 g/mol. The summed E-state index contributed by atoms with van der Waals surface area (Å²) in [7, 11) is 0. The predicted octanol–water partition coefficient (Wildman–Crippen LogP) is 4.70. The van der Waals surface area contributed by atoms with Gasteiger partial charge >= 0.3 is 0 Å². The fourth-order valence-corrected chi connectivity index (χ4v) is 2.97. The number of benzene rings is 2. The Morgan fingerprint density at radius 1 is 1.04 bits per heavy atom. The molecule has 0 saturated carbocycles. The molecule has 0 unspecified atom stereocenters. The Kier molecular flexibility index (Phi) is 4.45. The SMILES string of the molecule is Cc1ccc(Oc2ccc(NC(=O)c3c(O)nn4ccccc34)c(C)c2)cc1. The molecule has 0 fully saturated rings. The maximum Gasteiger partial charge on any atom is 0.263 e. The van der Waals surface area contributed by atoms with Crippen molar-refractivity contribution in [3.8, 4) is 17.4 Å². The van der Waals surface area contributed by atoms with Gasteiger partial charge in [-0.2, -0.15) is 0 Å². The zero-order chi connectivity index (χ0) is 19.7. The van der Waals surface area contributed by atoms with Crippen molar-refractivity contribution in [2.75, 3.05) is 5.32 Å². The van der Waals surface area contributed by atoms with Gasteiger partial charge in [-0.25, -0.2) is 4.52 Å². The van der Waals surface area contributed by atoms with Crippen LogP contribution in [0.15, 0.2) is 66.9 Å². The number of pyridine rings is 1. The van der Waals surface area contributed by atoms with E-state index < -0.39 is 5.91 Å². The molecule has 0 aliphatic carbocycles. The smallest absolute Gasteiger partial charge is 0.263 e. The number of hydrogen-bond donors (Lipinski definition) is 2. The van der Waals surface area contributed by atoms with E-state index in [-0.39, 0.29) is 11.4 Å². The molecular formula is C22H19N3O3. The molecule has 140 valence electrons. The number of nitrogens with one attached hydrogen (secondary N) is 1. The normalized spacial score (nSPS) is 10.8. The number of aromatic hydroxyl groups is 1. The van der Waals surface area contributed by atoms with Gasteiger partial charge in [0.1, 0.15) is 17.1 Å². The van der Waals surface area contributed by atoms with Crippen LogP contribution in [0, 0.1) is 13.8 Å². The average Bonchev–Trinajstić information content (AvgIpc) is 3.01. The molecule has 28 heavy (non-hydrogen) atoms. The van der Waals surface area contributed by atoms with Crippen LogP contribution in [-0.2, 0) is 0 Å². The van der Waals surface area contributed by atoms with Gasteiger partial charge in [-0.15, -0.1) is 5.10 Å². The number of ether oxygens (including phenoxy) is 1. The number of anilines is 1. The van der Waals surface area contributed by atoms with Crippen LogP contribution in [0.4, 0.5) is 5.69 Å². The zero-order valence-corrected chi connectivity index (χ0v) is 15.5. The number of amides is 1. The summed E-state index contributed by atoms with van der Waals surface area (Å²) in [4.78, 5) is 12.7. The van der Waals surface area contributed by atoms with Crippen LogP contribution in [0.2, 0.25) is 0 Å². The summed E-state index contributed by atoms with van der Waals surface area (Å²) < 4.78 is 7.33. The van der Waals surface area contributed by atoms with E-state index >= 15 is 0 Å². The number of aryl methyl sites for hydroxylation is 2. The van der Waals surface area contributed by atoms with Crippen molar-refractivity contribution in [1.29, 1.82) is 0 Å². The third-order valence-electron chi connectivity index (χ3n) is 4.45. The van der Waals surface area contributed by atoms with Crippen LogP contribution < -0.4 is 10.1 Å². The number of carbonyl (C=O) groups is 1. The van der Waals surface area contributed by atoms with Crippen LogP contribution in [0.25, 0.3) is 5.52 Å². The Bertz CT molecular complexity index is 1160. The second kappa shape index (κ2) is 7.08. The van der Waals surface area contributed by atoms with Crippen molar-refractivity contribution in [3.05, 3.63) is 83.6 Å². The fraction of sp³-hybridized carbons (Fsp3) is 0.0909. The summed E-state index contributed by atoms with van der Waals surface area (Å²) in [5, 5.41) is 16.9. The quantitative estimate of drug-likeness (QED) is 0.544. The Labute approximate surface area is 162 Å². The van der Waals surface area contributed by atoms with E-state index in [1.165, 1.54) is 4.52 Å². The maximum atomic E-state index is 12.7. The molecule has 6 heteroatoms. The van der Waals surface area contributed by atoms with E-state index in [2.05, 4.69) is 10.4 Å². The highest BCUT2D eigenvalue weighted by atomic mass is 16.5. The molecule has 2 aromatic heterocycles. The van der Waals surface area contributed by atoms with E-state index in [4.69, 9.17) is 4.74 Å². The third-order valence-corrected chi connectivity index (χ3v) is 4.45. The standard InChI is InChI=1S/C22H19N3O3/c1-14-6-8-16(9-7-14)28-17-10-11-18(15(2)13-17)23-21(26)20-19-5-3-4-12-25(19)24-22(20)27/h3-13H,1-2H3,(H,23,26)(H,24,27). The number of fused-ring (bicyclic) bond motifs is 1. The number of aromatic nitrogens is 2. The summed E-state index contributed by atoms with van der Waals surface area (Å²) in [6, 6.07) is 18.5. The lowest BCUT2D eigenvalue weighted by atomic mass is 10.1. The van der Waals surface area contributed by atoms with Gasteiger partial charge in [0.2, 0.25) is 5.88 Å². The summed E-state index contributed by atoms with van der Waals surface area (Å²) in [5.41, 5.74) is 3.32. The van der Waals surface area contributed by atoms with Crippen LogP contribution in [0.5, 0.6) is 17.4 Å². The summed E-state index contributed by atoms with van der Waals surface area (Å²) in [6.07, 6.45) is 1.67. The number of nitrogens with zero attached hydrogens (tertiary/aromatic N) is 2. The first kappa shape index (κ1) is 17.6. The molecule has 2 N–H and O–H groups in total. The van der Waals surface area contributed by atoms with E-state index in [9.17, 15) is 9.90 Å². The molecule has 0 bridgehead atoms. The molecule has 0 radical (unpaired) electrons. The first-order chi connectivity index (χ1) is 13.5.